The lowest BCUT2D eigenvalue weighted by Crippen LogP contribution is -2.46. The van der Waals surface area contributed by atoms with Crippen molar-refractivity contribution in [3.63, 3.8) is 0 Å². The Morgan fingerprint density at radius 2 is 1.71 bits per heavy atom. The van der Waals surface area contributed by atoms with Gasteiger partial charge < -0.3 is 20.2 Å². The van der Waals surface area contributed by atoms with Crippen LogP contribution < -0.4 is 5.46 Å². The molecule has 2 aliphatic rings. The van der Waals surface area contributed by atoms with E-state index in [9.17, 15) is 19.8 Å². The van der Waals surface area contributed by atoms with E-state index in [0.29, 0.717) is 36.0 Å². The van der Waals surface area contributed by atoms with Crippen molar-refractivity contribution in [1.82, 2.24) is 9.80 Å². The van der Waals surface area contributed by atoms with Crippen molar-refractivity contribution in [2.24, 2.45) is 11.8 Å². The Morgan fingerprint density at radius 3 is 2.26 bits per heavy atom. The van der Waals surface area contributed by atoms with Gasteiger partial charge in [0, 0.05) is 25.1 Å². The first kappa shape index (κ1) is 23.4. The number of phenols is 1. The molecule has 2 heterocycles. The summed E-state index contributed by atoms with van der Waals surface area (Å²) in [6, 6.07) is 3.55. The highest BCUT2D eigenvalue weighted by Crippen LogP contribution is 2.32. The van der Waals surface area contributed by atoms with Crippen molar-refractivity contribution in [2.75, 3.05) is 32.7 Å². The molecule has 1 aromatic rings. The number of likely N-dealkylation sites (tertiary alicyclic amines) is 2. The molecule has 2 saturated heterocycles. The van der Waals surface area contributed by atoms with Crippen LogP contribution in [0.3, 0.4) is 0 Å². The molecule has 0 unspecified atom stereocenters. The van der Waals surface area contributed by atoms with Crippen LogP contribution in [0.4, 0.5) is 0 Å². The number of hydrogen-bond acceptors (Lipinski definition) is 5. The molecule has 1 aromatic carbocycles. The van der Waals surface area contributed by atoms with Crippen LogP contribution in [0.25, 0.3) is 6.08 Å². The number of piperidine rings is 2. The van der Waals surface area contributed by atoms with Gasteiger partial charge in [-0.1, -0.05) is 18.7 Å². The topological polar surface area (TPSA) is 101 Å². The van der Waals surface area contributed by atoms with Gasteiger partial charge in [-0.3, -0.25) is 14.5 Å². The second-order valence-electron chi connectivity index (χ2n) is 8.94. The zero-order valence-electron chi connectivity index (χ0n) is 18.3. The number of nitrogens with zero attached hydrogens (tertiary/aromatic N) is 2. The highest BCUT2D eigenvalue weighted by Gasteiger charge is 2.32. The van der Waals surface area contributed by atoms with Crippen LogP contribution in [-0.4, -0.2) is 83.7 Å². The summed E-state index contributed by atoms with van der Waals surface area (Å²) in [5, 5.41) is 29.5. The van der Waals surface area contributed by atoms with E-state index in [2.05, 4.69) is 6.58 Å². The number of benzene rings is 1. The summed E-state index contributed by atoms with van der Waals surface area (Å²) in [4.78, 5) is 27.4. The van der Waals surface area contributed by atoms with Crippen molar-refractivity contribution in [1.29, 1.82) is 0 Å². The van der Waals surface area contributed by atoms with Crippen LogP contribution in [0.2, 0.25) is 0 Å². The Balaban J connectivity index is 1.48. The van der Waals surface area contributed by atoms with E-state index >= 15 is 0 Å². The second kappa shape index (κ2) is 10.3. The maximum Gasteiger partial charge on any atom is 0.317 e. The summed E-state index contributed by atoms with van der Waals surface area (Å²) >= 11 is 0. The van der Waals surface area contributed by atoms with Crippen LogP contribution in [-0.2, 0) is 16.0 Å². The molecular weight excluding hydrogens is 395 g/mol. The minimum Gasteiger partial charge on any atom is -0.508 e. The summed E-state index contributed by atoms with van der Waals surface area (Å²) in [7, 11) is 1.79. The predicted molar refractivity (Wildman–Crippen MR) is 122 cm³/mol. The van der Waals surface area contributed by atoms with E-state index in [0.717, 1.165) is 44.3 Å². The van der Waals surface area contributed by atoms with Crippen molar-refractivity contribution >= 4 is 31.3 Å². The molecule has 0 radical (unpaired) electrons. The van der Waals surface area contributed by atoms with Crippen LogP contribution in [0.15, 0.2) is 18.7 Å². The third kappa shape index (κ3) is 5.89. The van der Waals surface area contributed by atoms with Crippen LogP contribution in [0.1, 0.15) is 36.8 Å². The molecule has 3 N–H and O–H groups in total. The molecule has 1 atom stereocenters. The molecule has 0 saturated carbocycles. The summed E-state index contributed by atoms with van der Waals surface area (Å²) < 4.78 is 0. The van der Waals surface area contributed by atoms with E-state index < -0.39 is 12.1 Å². The van der Waals surface area contributed by atoms with Crippen molar-refractivity contribution in [3.05, 3.63) is 29.8 Å². The molecule has 31 heavy (non-hydrogen) atoms. The Kier molecular flexibility index (Phi) is 7.78. The first-order valence-electron chi connectivity index (χ1n) is 11.1. The van der Waals surface area contributed by atoms with Gasteiger partial charge in [0.05, 0.1) is 6.54 Å². The SMILES string of the molecule is Bc1cc(C[C@@H](O)C(=O)N2CCC(C3CCN(CC(=O)O)CC3)CC2)cc(C=C)c1O. The summed E-state index contributed by atoms with van der Waals surface area (Å²) in [5.74, 6) is 0.315. The van der Waals surface area contributed by atoms with E-state index in [1.165, 1.54) is 0 Å². The minimum atomic E-state index is -1.10. The lowest BCUT2D eigenvalue weighted by Gasteiger charge is -2.40. The van der Waals surface area contributed by atoms with Gasteiger partial charge in [-0.2, -0.15) is 0 Å². The molecule has 2 aliphatic heterocycles. The average molecular weight is 428 g/mol. The lowest BCUT2D eigenvalue weighted by molar-refractivity contribution is -0.141. The number of carboxylic acid groups (broad SMARTS) is 1. The number of aliphatic hydroxyl groups excluding tert-OH is 1. The van der Waals surface area contributed by atoms with E-state index in [4.69, 9.17) is 5.11 Å². The zero-order valence-corrected chi connectivity index (χ0v) is 18.3. The average Bonchev–Trinajstić information content (AvgIpc) is 2.76. The third-order valence-corrected chi connectivity index (χ3v) is 6.83. The fraction of sp³-hybridized carbons (Fsp3) is 0.565. The molecule has 8 heteroatoms. The van der Waals surface area contributed by atoms with Crippen LogP contribution >= 0.6 is 0 Å². The van der Waals surface area contributed by atoms with E-state index in [-0.39, 0.29) is 24.6 Å². The number of phenolic OH excluding ortho intramolecular Hbond substituents is 1. The second-order valence-corrected chi connectivity index (χ2v) is 8.94. The molecule has 3 rings (SSSR count). The normalized spacial score (nSPS) is 19.8. The van der Waals surface area contributed by atoms with Gasteiger partial charge in [0.15, 0.2) is 0 Å². The largest absolute Gasteiger partial charge is 0.508 e. The molecule has 168 valence electrons. The number of hydrogen-bond donors (Lipinski definition) is 3. The molecule has 7 nitrogen and oxygen atoms in total. The van der Waals surface area contributed by atoms with E-state index in [1.54, 1.807) is 31.0 Å². The zero-order chi connectivity index (χ0) is 22.5. The smallest absolute Gasteiger partial charge is 0.317 e. The highest BCUT2D eigenvalue weighted by atomic mass is 16.4. The predicted octanol–water partition coefficient (Wildman–Crippen LogP) is 0.232. The first-order valence-corrected chi connectivity index (χ1v) is 11.1. The number of aliphatic hydroxyl groups is 1. The third-order valence-electron chi connectivity index (χ3n) is 6.83. The Labute approximate surface area is 184 Å². The first-order chi connectivity index (χ1) is 14.8. The van der Waals surface area contributed by atoms with Gasteiger partial charge in [-0.05, 0) is 67.7 Å². The Hall–Kier alpha value is -2.32. The molecule has 1 amide bonds. The van der Waals surface area contributed by atoms with Gasteiger partial charge in [0.25, 0.3) is 5.91 Å². The highest BCUT2D eigenvalue weighted by molar-refractivity contribution is 6.34. The van der Waals surface area contributed by atoms with Gasteiger partial charge in [-0.25, -0.2) is 0 Å². The number of amides is 1. The standard InChI is InChI=1S/C23H33BN2O5/c1-2-16-11-15(12-19(24)22(16)30)13-20(27)23(31)26-9-5-18(6-10-26)17-3-7-25(8-4-17)14-21(28)29/h2,11-12,17-18,20,27,30H,1,3-10,13-14,24H2,(H,28,29)/t20-/m1/s1. The van der Waals surface area contributed by atoms with Crippen LogP contribution in [0, 0.1) is 11.8 Å². The van der Waals surface area contributed by atoms with Gasteiger partial charge in [0.1, 0.15) is 19.7 Å². The maximum absolute atomic E-state index is 12.8. The number of rotatable bonds is 7. The fourth-order valence-electron chi connectivity index (χ4n) is 5.04. The molecular formula is C23H33BN2O5. The minimum absolute atomic E-state index is 0.117. The molecule has 0 aromatic heterocycles. The number of carbonyl (C=O) groups excluding carboxylic acids is 1. The Morgan fingerprint density at radius 1 is 1.13 bits per heavy atom. The van der Waals surface area contributed by atoms with Gasteiger partial charge in [-0.15, -0.1) is 0 Å². The van der Waals surface area contributed by atoms with Crippen LogP contribution in [0.5, 0.6) is 5.75 Å². The monoisotopic (exact) mass is 428 g/mol. The van der Waals surface area contributed by atoms with Crippen molar-refractivity contribution in [3.8, 4) is 5.75 Å². The van der Waals surface area contributed by atoms with Gasteiger partial charge in [0.2, 0.25) is 0 Å². The maximum atomic E-state index is 12.8. The summed E-state index contributed by atoms with van der Waals surface area (Å²) in [6.45, 7) is 6.78. The fourth-order valence-corrected chi connectivity index (χ4v) is 5.04. The number of carbonyl (C=O) groups is 2. The molecule has 0 bridgehead atoms. The van der Waals surface area contributed by atoms with Crippen molar-refractivity contribution in [2.45, 2.75) is 38.2 Å². The molecule has 0 aliphatic carbocycles. The lowest BCUT2D eigenvalue weighted by atomic mass is 9.78. The number of aromatic hydroxyl groups is 1. The quantitative estimate of drug-likeness (QED) is 0.538. The Bertz CT molecular complexity index is 814. The number of carboxylic acids is 1. The van der Waals surface area contributed by atoms with Gasteiger partial charge >= 0.3 is 5.97 Å². The molecule has 2 fully saturated rings. The summed E-state index contributed by atoms with van der Waals surface area (Å²) in [6.07, 6.45) is 4.57. The molecule has 0 spiro atoms. The summed E-state index contributed by atoms with van der Waals surface area (Å²) in [5.41, 5.74) is 2.10. The van der Waals surface area contributed by atoms with E-state index in [1.807, 2.05) is 4.90 Å². The number of aliphatic carboxylic acids is 1. The van der Waals surface area contributed by atoms with Crippen molar-refractivity contribution < 1.29 is 24.9 Å².